The van der Waals surface area contributed by atoms with Crippen LogP contribution in [-0.4, -0.2) is 23.0 Å². The van der Waals surface area contributed by atoms with E-state index in [9.17, 15) is 14.4 Å². The summed E-state index contributed by atoms with van der Waals surface area (Å²) in [6.07, 6.45) is 1.64. The van der Waals surface area contributed by atoms with E-state index in [1.807, 2.05) is 35.7 Å². The average Bonchev–Trinajstić information content (AvgIpc) is 3.45. The van der Waals surface area contributed by atoms with Crippen LogP contribution in [0, 0.1) is 0 Å². The minimum absolute atomic E-state index is 0.120. The summed E-state index contributed by atoms with van der Waals surface area (Å²) < 4.78 is 0. The van der Waals surface area contributed by atoms with Gasteiger partial charge >= 0.3 is 0 Å². The number of amides is 3. The van der Waals surface area contributed by atoms with Crippen molar-refractivity contribution in [3.63, 3.8) is 0 Å². The molecule has 3 N–H and O–H groups in total. The molecule has 0 bridgehead atoms. The maximum absolute atomic E-state index is 13.1. The predicted octanol–water partition coefficient (Wildman–Crippen LogP) is 7.58. The molecule has 0 saturated heterocycles. The van der Waals surface area contributed by atoms with E-state index in [1.54, 1.807) is 67.6 Å². The summed E-state index contributed by atoms with van der Waals surface area (Å²) in [5, 5.41) is 10.5. The number of benzene rings is 3. The third-order valence-electron chi connectivity index (χ3n) is 5.36. The molecule has 3 amide bonds. The highest BCUT2D eigenvalue weighted by molar-refractivity contribution is 8.00. The Balaban J connectivity index is 1.40. The van der Waals surface area contributed by atoms with Crippen LogP contribution in [0.4, 0.5) is 11.4 Å². The number of hydrogen-bond donors (Lipinski definition) is 3. The van der Waals surface area contributed by atoms with Crippen LogP contribution in [-0.2, 0) is 9.59 Å². The van der Waals surface area contributed by atoms with Crippen molar-refractivity contribution in [3.05, 3.63) is 116 Å². The molecule has 0 fully saturated rings. The molecule has 3 aromatic carbocycles. The molecule has 1 heterocycles. The van der Waals surface area contributed by atoms with E-state index in [2.05, 4.69) is 16.0 Å². The van der Waals surface area contributed by atoms with Gasteiger partial charge in [-0.15, -0.1) is 23.1 Å². The van der Waals surface area contributed by atoms with Crippen molar-refractivity contribution in [1.82, 2.24) is 5.32 Å². The van der Waals surface area contributed by atoms with Gasteiger partial charge in [0.2, 0.25) is 5.91 Å². The molecule has 39 heavy (non-hydrogen) atoms. The smallest absolute Gasteiger partial charge is 0.272 e. The van der Waals surface area contributed by atoms with E-state index < -0.39 is 11.2 Å². The van der Waals surface area contributed by atoms with Gasteiger partial charge in [0, 0.05) is 21.0 Å². The quantitative estimate of drug-likeness (QED) is 0.137. The zero-order chi connectivity index (χ0) is 27.8. The zero-order valence-corrected chi connectivity index (χ0v) is 23.8. The molecule has 1 unspecified atom stereocenters. The molecule has 198 valence electrons. The molecule has 4 rings (SSSR count). The van der Waals surface area contributed by atoms with Crippen molar-refractivity contribution in [2.24, 2.45) is 0 Å². The van der Waals surface area contributed by atoms with Gasteiger partial charge in [0.1, 0.15) is 5.70 Å². The van der Waals surface area contributed by atoms with Crippen molar-refractivity contribution in [1.29, 1.82) is 0 Å². The Kier molecular flexibility index (Phi) is 9.84. The van der Waals surface area contributed by atoms with Crippen LogP contribution >= 0.6 is 46.3 Å². The van der Waals surface area contributed by atoms with Gasteiger partial charge < -0.3 is 16.0 Å². The maximum Gasteiger partial charge on any atom is 0.272 e. The topological polar surface area (TPSA) is 87.3 Å². The van der Waals surface area contributed by atoms with E-state index in [-0.39, 0.29) is 22.5 Å². The first kappa shape index (κ1) is 28.4. The van der Waals surface area contributed by atoms with Crippen molar-refractivity contribution >= 4 is 81.5 Å². The Morgan fingerprint density at radius 2 is 1.62 bits per heavy atom. The van der Waals surface area contributed by atoms with Crippen LogP contribution in [0.5, 0.6) is 0 Å². The minimum Gasteiger partial charge on any atom is -0.324 e. The Morgan fingerprint density at radius 3 is 2.31 bits per heavy atom. The van der Waals surface area contributed by atoms with E-state index in [1.165, 1.54) is 23.1 Å². The molecular formula is C29H23Cl2N3O3S2. The summed E-state index contributed by atoms with van der Waals surface area (Å²) in [5.74, 6) is -1.06. The van der Waals surface area contributed by atoms with Gasteiger partial charge in [0.25, 0.3) is 11.8 Å². The molecule has 1 atom stereocenters. The van der Waals surface area contributed by atoms with Gasteiger partial charge in [-0.2, -0.15) is 0 Å². The third kappa shape index (κ3) is 7.97. The van der Waals surface area contributed by atoms with Crippen LogP contribution in [0.1, 0.15) is 22.2 Å². The van der Waals surface area contributed by atoms with Crippen molar-refractivity contribution in [2.75, 3.05) is 10.6 Å². The van der Waals surface area contributed by atoms with Crippen LogP contribution in [0.3, 0.4) is 0 Å². The Hall–Kier alpha value is -3.56. The first-order valence-corrected chi connectivity index (χ1v) is 14.3. The molecule has 0 aliphatic heterocycles. The largest absolute Gasteiger partial charge is 0.324 e. The number of thioether (sulfide) groups is 1. The summed E-state index contributed by atoms with van der Waals surface area (Å²) in [5.41, 5.74) is 1.55. The summed E-state index contributed by atoms with van der Waals surface area (Å²) in [6, 6.07) is 24.5. The standard InChI is InChI=1S/C29H23Cl2N3O3S2/c1-18(27(35)33-24-11-5-10-23(30)26(24)31)39-21-14-12-20(13-15-21)32-29(37)25(17-22-9-6-16-38-22)34-28(36)19-7-3-2-4-8-19/h2-18H,1H3,(H,32,37)(H,33,35)(H,34,36)/b25-17-. The highest BCUT2D eigenvalue weighted by Gasteiger charge is 2.18. The fraction of sp³-hybridized carbons (Fsp3) is 0.0690. The molecule has 0 aliphatic carbocycles. The number of carbonyl (C=O) groups is 3. The highest BCUT2D eigenvalue weighted by atomic mass is 35.5. The fourth-order valence-electron chi connectivity index (χ4n) is 3.37. The normalized spacial score (nSPS) is 11.9. The van der Waals surface area contributed by atoms with Crippen molar-refractivity contribution in [2.45, 2.75) is 17.1 Å². The molecule has 0 spiro atoms. The summed E-state index contributed by atoms with van der Waals surface area (Å²) >= 11 is 15.0. The van der Waals surface area contributed by atoms with E-state index in [0.29, 0.717) is 22.0 Å². The molecule has 0 saturated carbocycles. The number of hydrogen-bond acceptors (Lipinski definition) is 5. The van der Waals surface area contributed by atoms with Crippen LogP contribution in [0.25, 0.3) is 6.08 Å². The lowest BCUT2D eigenvalue weighted by Gasteiger charge is -2.14. The van der Waals surface area contributed by atoms with Crippen LogP contribution in [0.15, 0.2) is 101 Å². The summed E-state index contributed by atoms with van der Waals surface area (Å²) in [7, 11) is 0. The second kappa shape index (κ2) is 13.5. The number of thiophene rings is 1. The molecule has 0 aliphatic rings. The van der Waals surface area contributed by atoms with Gasteiger partial charge in [0.05, 0.1) is 21.0 Å². The molecular weight excluding hydrogens is 573 g/mol. The van der Waals surface area contributed by atoms with Gasteiger partial charge in [-0.25, -0.2) is 0 Å². The molecule has 1 aromatic heterocycles. The van der Waals surface area contributed by atoms with Crippen molar-refractivity contribution in [3.8, 4) is 0 Å². The number of nitrogens with one attached hydrogen (secondary N) is 3. The number of rotatable bonds is 9. The Morgan fingerprint density at radius 1 is 0.872 bits per heavy atom. The lowest BCUT2D eigenvalue weighted by Crippen LogP contribution is -2.30. The van der Waals surface area contributed by atoms with Crippen LogP contribution < -0.4 is 16.0 Å². The number of carbonyl (C=O) groups excluding carboxylic acids is 3. The minimum atomic E-state index is -0.459. The third-order valence-corrected chi connectivity index (χ3v) is 8.11. The molecule has 6 nitrogen and oxygen atoms in total. The number of halogens is 2. The SMILES string of the molecule is CC(Sc1ccc(NC(=O)/C(=C/c2cccs2)NC(=O)c2ccccc2)cc1)C(=O)Nc1cccc(Cl)c1Cl. The van der Waals surface area contributed by atoms with Crippen LogP contribution in [0.2, 0.25) is 10.0 Å². The molecule has 0 radical (unpaired) electrons. The van der Waals surface area contributed by atoms with Gasteiger partial charge in [0.15, 0.2) is 0 Å². The Bertz CT molecular complexity index is 1490. The fourth-order valence-corrected chi connectivity index (χ4v) is 5.24. The predicted molar refractivity (Wildman–Crippen MR) is 162 cm³/mol. The lowest BCUT2D eigenvalue weighted by molar-refractivity contribution is -0.115. The maximum atomic E-state index is 13.1. The Labute approximate surface area is 244 Å². The second-order valence-electron chi connectivity index (χ2n) is 8.22. The highest BCUT2D eigenvalue weighted by Crippen LogP contribution is 2.31. The average molecular weight is 597 g/mol. The van der Waals surface area contributed by atoms with E-state index >= 15 is 0 Å². The lowest BCUT2D eigenvalue weighted by atomic mass is 10.2. The van der Waals surface area contributed by atoms with Crippen molar-refractivity contribution < 1.29 is 14.4 Å². The summed E-state index contributed by atoms with van der Waals surface area (Å²) in [6.45, 7) is 1.78. The van der Waals surface area contributed by atoms with Gasteiger partial charge in [-0.3, -0.25) is 14.4 Å². The molecule has 4 aromatic rings. The number of anilines is 2. The monoisotopic (exact) mass is 595 g/mol. The first-order chi connectivity index (χ1) is 18.8. The van der Waals surface area contributed by atoms with Gasteiger partial charge in [-0.05, 0) is 73.0 Å². The molecule has 10 heteroatoms. The van der Waals surface area contributed by atoms with E-state index in [0.717, 1.165) is 9.77 Å². The summed E-state index contributed by atoms with van der Waals surface area (Å²) in [4.78, 5) is 40.1. The second-order valence-corrected chi connectivity index (χ2v) is 11.4. The van der Waals surface area contributed by atoms with Gasteiger partial charge in [-0.1, -0.05) is 53.5 Å². The zero-order valence-electron chi connectivity index (χ0n) is 20.6. The van der Waals surface area contributed by atoms with E-state index in [4.69, 9.17) is 23.2 Å². The first-order valence-electron chi connectivity index (χ1n) is 11.7.